The largest absolute Gasteiger partial charge is 0.355 e. The van der Waals surface area contributed by atoms with Gasteiger partial charge in [0.15, 0.2) is 0 Å². The smallest absolute Gasteiger partial charge is 0.243 e. The highest BCUT2D eigenvalue weighted by molar-refractivity contribution is 6.50. The van der Waals surface area contributed by atoms with E-state index in [0.717, 1.165) is 37.7 Å². The van der Waals surface area contributed by atoms with Crippen molar-refractivity contribution in [3.8, 4) is 0 Å². The maximum Gasteiger partial charge on any atom is 0.243 e. The van der Waals surface area contributed by atoms with E-state index in [4.69, 9.17) is 0 Å². The van der Waals surface area contributed by atoms with Crippen molar-refractivity contribution in [2.24, 2.45) is 0 Å². The molecule has 0 saturated heterocycles. The molecule has 1 aromatic rings. The Balaban J connectivity index is 2.88. The van der Waals surface area contributed by atoms with Gasteiger partial charge in [-0.25, -0.2) is 0 Å². The van der Waals surface area contributed by atoms with Gasteiger partial charge in [-0.05, 0) is 37.0 Å². The number of benzene rings is 1. The fourth-order valence-electron chi connectivity index (χ4n) is 4.51. The number of carbonyl (C=O) groups excluding carboxylic acids is 6. The Morgan fingerprint density at radius 2 is 1.38 bits per heavy atom. The first kappa shape index (κ1) is 39.5. The van der Waals surface area contributed by atoms with Crippen molar-refractivity contribution in [1.29, 1.82) is 0 Å². The molecule has 0 aliphatic carbocycles. The molecule has 0 aromatic heterocycles. The lowest BCUT2D eigenvalue weighted by Gasteiger charge is -2.32. The maximum atomic E-state index is 13.6. The van der Waals surface area contributed by atoms with Crippen molar-refractivity contribution >= 4 is 58.9 Å². The van der Waals surface area contributed by atoms with Crippen molar-refractivity contribution in [2.45, 2.75) is 102 Å². The predicted octanol–water partition coefficient (Wildman–Crippen LogP) is -0.970. The van der Waals surface area contributed by atoms with E-state index in [1.54, 1.807) is 7.85 Å². The van der Waals surface area contributed by atoms with Crippen molar-refractivity contribution < 1.29 is 28.8 Å². The average molecular weight is 623 g/mol. The van der Waals surface area contributed by atoms with Crippen LogP contribution in [0.25, 0.3) is 0 Å². The zero-order valence-corrected chi connectivity index (χ0v) is 28.1. The number of amides is 5. The van der Waals surface area contributed by atoms with Crippen LogP contribution in [-0.2, 0) is 35.2 Å². The molecule has 5 amide bonds. The lowest BCUT2D eigenvalue weighted by Crippen LogP contribution is -2.63. The lowest BCUT2D eigenvalue weighted by atomic mass is 9.51. The molecule has 45 heavy (non-hydrogen) atoms. The Morgan fingerprint density at radius 1 is 0.756 bits per heavy atom. The third kappa shape index (κ3) is 15.8. The summed E-state index contributed by atoms with van der Waals surface area (Å²) in [5.41, 5.74) is -0.453. The summed E-state index contributed by atoms with van der Waals surface area (Å²) in [5.74, 6) is -2.20. The molecule has 0 heterocycles. The second-order valence-corrected chi connectivity index (χ2v) is 12.5. The van der Waals surface area contributed by atoms with E-state index in [9.17, 15) is 28.8 Å². The van der Waals surface area contributed by atoms with Gasteiger partial charge in [0.2, 0.25) is 29.5 Å². The van der Waals surface area contributed by atoms with Gasteiger partial charge in [0, 0.05) is 19.4 Å². The number of carbonyl (C=O) groups is 6. The molecule has 1 rings (SSSR count). The van der Waals surface area contributed by atoms with E-state index < -0.39 is 34.4 Å². The molecule has 1 aromatic carbocycles. The Hall–Kier alpha value is -3.57. The third-order valence-corrected chi connectivity index (χ3v) is 8.00. The van der Waals surface area contributed by atoms with Crippen molar-refractivity contribution in [3.63, 3.8) is 0 Å². The van der Waals surface area contributed by atoms with Gasteiger partial charge in [0.05, 0.1) is 18.5 Å². The van der Waals surface area contributed by atoms with Crippen LogP contribution in [0.5, 0.6) is 0 Å². The molecular weight excluding hydrogens is 571 g/mol. The number of Topliss-reactive ketones (excluding diaryl/α,β-unsaturated/α-hetero) is 1. The molecule has 246 valence electrons. The van der Waals surface area contributed by atoms with Crippen LogP contribution < -0.4 is 26.6 Å². The van der Waals surface area contributed by atoms with Crippen molar-refractivity contribution in [3.05, 3.63) is 35.9 Å². The SMILES string of the molecule is BC(B)(CCNC(=O)C(B)(CCCC)NC(=O)C(Cc1ccccc1)NC(=O)CNC(=O)CNC(=O)CCCCCC)C(C)=O. The summed E-state index contributed by atoms with van der Waals surface area (Å²) >= 11 is 0. The van der Waals surface area contributed by atoms with Crippen molar-refractivity contribution in [1.82, 2.24) is 26.6 Å². The molecule has 0 aliphatic heterocycles. The van der Waals surface area contributed by atoms with E-state index in [0.29, 0.717) is 25.7 Å². The summed E-state index contributed by atoms with van der Waals surface area (Å²) in [4.78, 5) is 75.9. The van der Waals surface area contributed by atoms with Gasteiger partial charge in [0.25, 0.3) is 0 Å². The maximum absolute atomic E-state index is 13.6. The van der Waals surface area contributed by atoms with Gasteiger partial charge in [-0.1, -0.05) is 76.3 Å². The molecule has 0 aliphatic rings. The Labute approximate surface area is 271 Å². The highest BCUT2D eigenvalue weighted by atomic mass is 16.2. The van der Waals surface area contributed by atoms with Crippen LogP contribution >= 0.6 is 0 Å². The molecule has 0 radical (unpaired) electrons. The molecule has 5 N–H and O–H groups in total. The summed E-state index contributed by atoms with van der Waals surface area (Å²) < 4.78 is 0. The molecule has 14 heteroatoms. The van der Waals surface area contributed by atoms with Crippen LogP contribution in [0.1, 0.15) is 84.1 Å². The van der Waals surface area contributed by atoms with Crippen LogP contribution in [0, 0.1) is 0 Å². The minimum absolute atomic E-state index is 0.0250. The molecular formula is C31H52B3N5O6. The zero-order chi connectivity index (χ0) is 33.9. The van der Waals surface area contributed by atoms with Crippen LogP contribution in [0.3, 0.4) is 0 Å². The summed E-state index contributed by atoms with van der Waals surface area (Å²) in [5, 5.41) is 12.9. The van der Waals surface area contributed by atoms with E-state index in [1.165, 1.54) is 6.92 Å². The van der Waals surface area contributed by atoms with E-state index in [2.05, 4.69) is 33.5 Å². The fraction of sp³-hybridized carbons (Fsp3) is 0.613. The summed E-state index contributed by atoms with van der Waals surface area (Å²) in [6.45, 7) is 5.23. The predicted molar refractivity (Wildman–Crippen MR) is 184 cm³/mol. The minimum Gasteiger partial charge on any atom is -0.355 e. The molecule has 0 spiro atoms. The third-order valence-electron chi connectivity index (χ3n) is 8.00. The number of rotatable bonds is 22. The lowest BCUT2D eigenvalue weighted by molar-refractivity contribution is -0.133. The number of unbranched alkanes of at least 4 members (excludes halogenated alkanes) is 4. The first-order valence-corrected chi connectivity index (χ1v) is 16.2. The summed E-state index contributed by atoms with van der Waals surface area (Å²) in [7, 11) is 5.31. The molecule has 0 fully saturated rings. The molecule has 0 bridgehead atoms. The van der Waals surface area contributed by atoms with E-state index in [-0.39, 0.29) is 43.7 Å². The second kappa shape index (κ2) is 20.5. The molecule has 11 nitrogen and oxygen atoms in total. The number of nitrogens with one attached hydrogen (secondary N) is 5. The number of ketones is 1. The van der Waals surface area contributed by atoms with Gasteiger partial charge in [-0.3, -0.25) is 24.0 Å². The van der Waals surface area contributed by atoms with Gasteiger partial charge in [-0.15, -0.1) is 0 Å². The summed E-state index contributed by atoms with van der Waals surface area (Å²) in [6, 6.07) is 8.14. The van der Waals surface area contributed by atoms with Crippen LogP contribution in [0.15, 0.2) is 30.3 Å². The van der Waals surface area contributed by atoms with Crippen LogP contribution in [0.2, 0.25) is 5.21 Å². The average Bonchev–Trinajstić information content (AvgIpc) is 3.00. The summed E-state index contributed by atoms with van der Waals surface area (Å²) in [6.07, 6.45) is 6.65. The van der Waals surface area contributed by atoms with Gasteiger partial charge in [0.1, 0.15) is 35.4 Å². The Bertz CT molecular complexity index is 1140. The highest BCUT2D eigenvalue weighted by Crippen LogP contribution is 2.21. The van der Waals surface area contributed by atoms with E-state index in [1.807, 2.05) is 52.9 Å². The molecule has 2 atom stereocenters. The Morgan fingerprint density at radius 3 is 2.00 bits per heavy atom. The number of hydrogen-bond donors (Lipinski definition) is 5. The standard InChI is InChI=1S/C31H52B3N5O6/c1-4-6-8-12-15-25(41)36-20-26(42)37-21-27(43)38-24(19-23-13-10-9-11-14-23)28(44)39-31(34,16-7-5-2)29(45)35-18-17-30(32,33)22(3)40/h9-11,13-14,24H,4-8,12,15-21,32-34H2,1-3H3,(H,35,45)(H,36,41)(H,37,42)(H,38,43)(H,39,44). The monoisotopic (exact) mass is 623 g/mol. The van der Waals surface area contributed by atoms with Crippen molar-refractivity contribution in [2.75, 3.05) is 19.6 Å². The van der Waals surface area contributed by atoms with Gasteiger partial charge >= 0.3 is 0 Å². The normalized spacial score (nSPS) is 13.0. The Kier molecular flexibility index (Phi) is 17.9. The van der Waals surface area contributed by atoms with E-state index >= 15 is 0 Å². The van der Waals surface area contributed by atoms with Gasteiger partial charge in [-0.2, -0.15) is 0 Å². The topological polar surface area (TPSA) is 163 Å². The quantitative estimate of drug-likeness (QED) is 0.0826. The first-order chi connectivity index (χ1) is 21.2. The second-order valence-electron chi connectivity index (χ2n) is 12.5. The van der Waals surface area contributed by atoms with Crippen LogP contribution in [0.4, 0.5) is 0 Å². The first-order valence-electron chi connectivity index (χ1n) is 16.2. The highest BCUT2D eigenvalue weighted by Gasteiger charge is 2.36. The zero-order valence-electron chi connectivity index (χ0n) is 28.1. The van der Waals surface area contributed by atoms with Crippen LogP contribution in [-0.4, -0.2) is 90.0 Å². The number of hydrogen-bond acceptors (Lipinski definition) is 6. The fourth-order valence-corrected chi connectivity index (χ4v) is 4.51. The molecule has 2 unspecified atom stereocenters. The molecule has 0 saturated carbocycles. The minimum atomic E-state index is -1.25. The van der Waals surface area contributed by atoms with Gasteiger partial charge < -0.3 is 31.4 Å².